The summed E-state index contributed by atoms with van der Waals surface area (Å²) >= 11 is 0. The maximum absolute atomic E-state index is 6.27. The van der Waals surface area contributed by atoms with E-state index in [1.165, 1.54) is 12.8 Å². The Kier molecular flexibility index (Phi) is 29.1. The molecule has 0 fully saturated rings. The molecule has 1 atom stereocenters. The van der Waals surface area contributed by atoms with Gasteiger partial charge in [0.25, 0.3) is 0 Å². The average Bonchev–Trinajstić information content (AvgIpc) is 3.58. The van der Waals surface area contributed by atoms with Crippen molar-refractivity contribution in [1.29, 1.82) is 0 Å². The van der Waals surface area contributed by atoms with E-state index in [-0.39, 0.29) is 57.6 Å². The number of H-pyrrole nitrogens is 1. The number of allylic oxidation sites excluding steroid dienone is 3. The number of nitrogens with zero attached hydrogens (tertiary/aromatic N) is 3. The van der Waals surface area contributed by atoms with Crippen LogP contribution < -0.4 is 57.1 Å². The van der Waals surface area contributed by atoms with Crippen molar-refractivity contribution in [3.63, 3.8) is 0 Å². The number of unbranched alkanes of at least 4 members (excludes halogenated alkanes) is 1. The van der Waals surface area contributed by atoms with Crippen molar-refractivity contribution in [3.8, 4) is 0 Å². The molecule has 208 valence electrons. The Labute approximate surface area is 277 Å². The minimum absolute atomic E-state index is 0. The molecule has 3 rings (SSSR count). The first-order valence-electron chi connectivity index (χ1n) is 13.8. The van der Waals surface area contributed by atoms with E-state index in [1.807, 2.05) is 51.4 Å². The second-order valence-corrected chi connectivity index (χ2v) is 8.03. The van der Waals surface area contributed by atoms with Gasteiger partial charge < -0.3 is 20.9 Å². The topological polar surface area (TPSA) is 71.5 Å². The number of nitrogens with two attached hydrogens (primary N) is 1. The molecule has 0 aromatic carbocycles. The van der Waals surface area contributed by atoms with Gasteiger partial charge in [-0.05, 0) is 30.6 Å². The zero-order chi connectivity index (χ0) is 28.6. The summed E-state index contributed by atoms with van der Waals surface area (Å²) in [5.74, 6) is 1.04. The molecule has 0 amide bonds. The molecule has 6 heteroatoms. The largest absolute Gasteiger partial charge is 1.00 e. The maximum Gasteiger partial charge on any atom is 1.00 e. The van der Waals surface area contributed by atoms with Crippen molar-refractivity contribution >= 4 is 17.6 Å². The van der Waals surface area contributed by atoms with E-state index in [4.69, 9.17) is 11.1 Å². The summed E-state index contributed by atoms with van der Waals surface area (Å²) in [4.78, 5) is 9.89. The number of amidine groups is 1. The third-order valence-corrected chi connectivity index (χ3v) is 5.51. The quantitative estimate of drug-likeness (QED) is 0.203. The van der Waals surface area contributed by atoms with E-state index in [1.54, 1.807) is 6.20 Å². The number of aromatic nitrogens is 1. The summed E-state index contributed by atoms with van der Waals surface area (Å²) < 4.78 is 0. The molecule has 3 heterocycles. The van der Waals surface area contributed by atoms with E-state index >= 15 is 0 Å². The Balaban J connectivity index is -0.000000983. The fraction of sp³-hybridized carbons (Fsp3) is 0.469. The molecule has 2 aliphatic rings. The molecule has 3 N–H and O–H groups in total. The van der Waals surface area contributed by atoms with Gasteiger partial charge in [-0.1, -0.05) is 110 Å². The Morgan fingerprint density at radius 2 is 1.61 bits per heavy atom. The number of hydrogen-bond donors (Lipinski definition) is 2. The zero-order valence-electron chi connectivity index (χ0n) is 25.8. The molecule has 2 aliphatic heterocycles. The van der Waals surface area contributed by atoms with Gasteiger partial charge in [-0.2, -0.15) is 0 Å². The first-order chi connectivity index (χ1) is 18.1. The van der Waals surface area contributed by atoms with Crippen molar-refractivity contribution in [2.24, 2.45) is 16.6 Å². The number of hydrogen-bond acceptors (Lipinski definition) is 3. The van der Waals surface area contributed by atoms with Crippen molar-refractivity contribution in [2.75, 3.05) is 0 Å². The van der Waals surface area contributed by atoms with Crippen LogP contribution in [0.2, 0.25) is 0 Å². The van der Waals surface area contributed by atoms with E-state index in [2.05, 4.69) is 81.0 Å². The van der Waals surface area contributed by atoms with Crippen LogP contribution in [0.3, 0.4) is 0 Å². The van der Waals surface area contributed by atoms with Gasteiger partial charge in [-0.25, -0.2) is 4.99 Å². The summed E-state index contributed by atoms with van der Waals surface area (Å²) in [5, 5.41) is 5.12. The molecule has 1 unspecified atom stereocenters. The molecule has 0 saturated carbocycles. The molecule has 0 spiro atoms. The predicted molar refractivity (Wildman–Crippen MR) is 169 cm³/mol. The van der Waals surface area contributed by atoms with Gasteiger partial charge in [-0.15, -0.1) is 26.3 Å². The van der Waals surface area contributed by atoms with Gasteiger partial charge in [-0.3, -0.25) is 0 Å². The maximum atomic E-state index is 6.27. The summed E-state index contributed by atoms with van der Waals surface area (Å²) in [7, 11) is 0. The van der Waals surface area contributed by atoms with Gasteiger partial charge >= 0.3 is 51.4 Å². The smallest absolute Gasteiger partial charge is 0.661 e. The van der Waals surface area contributed by atoms with Gasteiger partial charge in [0.2, 0.25) is 0 Å². The number of aromatic amines is 1. The van der Waals surface area contributed by atoms with Crippen LogP contribution in [0.5, 0.6) is 0 Å². The Morgan fingerprint density at radius 1 is 1.03 bits per heavy atom. The second kappa shape index (κ2) is 27.0. The molecule has 5 nitrogen and oxygen atoms in total. The van der Waals surface area contributed by atoms with Crippen LogP contribution in [-0.4, -0.2) is 21.9 Å². The first-order valence-corrected chi connectivity index (χ1v) is 13.8. The Bertz CT molecular complexity index is 853. The normalized spacial score (nSPS) is 15.0. The molecule has 0 saturated heterocycles. The van der Waals surface area contributed by atoms with Gasteiger partial charge in [0.15, 0.2) is 0 Å². The van der Waals surface area contributed by atoms with E-state index < -0.39 is 0 Å². The van der Waals surface area contributed by atoms with Crippen LogP contribution >= 0.6 is 0 Å². The van der Waals surface area contributed by atoms with Gasteiger partial charge in [0.05, 0.1) is 5.70 Å². The number of aliphatic imine (C=N–C) groups is 1. The second-order valence-electron chi connectivity index (χ2n) is 8.03. The average molecular weight is 548 g/mol. The van der Waals surface area contributed by atoms with Crippen molar-refractivity contribution in [1.82, 2.24) is 9.88 Å². The first kappa shape index (κ1) is 40.9. The number of rotatable bonds is 9. The van der Waals surface area contributed by atoms with Gasteiger partial charge in [0.1, 0.15) is 5.84 Å². The molecule has 0 radical (unpaired) electrons. The van der Waals surface area contributed by atoms with Crippen LogP contribution in [0.1, 0.15) is 98.2 Å². The van der Waals surface area contributed by atoms with E-state index in [0.717, 1.165) is 48.3 Å². The van der Waals surface area contributed by atoms with Crippen molar-refractivity contribution in [2.45, 2.75) is 93.2 Å². The zero-order valence-corrected chi connectivity index (χ0v) is 28.9. The molecular formula is C32H54KN5. The predicted octanol–water partition coefficient (Wildman–Crippen LogP) is 6.79. The minimum Gasteiger partial charge on any atom is -0.661 e. The summed E-state index contributed by atoms with van der Waals surface area (Å²) in [5.41, 5.74) is 10.2. The number of fused-ring (bicyclic) bond motifs is 1. The Hall–Kier alpha value is -1.57. The SMILES string of the molecule is C/C=C\C=C/c1c[nH]c(C2=C3C(N)=NC=CN3C(C(CCC)CCC)[N-]2)c1.C=C.C=C.CC.CCCC.[K+]. The number of nitrogens with one attached hydrogen (secondary N) is 1. The van der Waals surface area contributed by atoms with Gasteiger partial charge in [0, 0.05) is 24.3 Å². The summed E-state index contributed by atoms with van der Waals surface area (Å²) in [6, 6.07) is 2.12. The van der Waals surface area contributed by atoms with Crippen molar-refractivity contribution < 1.29 is 51.4 Å². The molecule has 38 heavy (non-hydrogen) atoms. The minimum atomic E-state index is 0. The van der Waals surface area contributed by atoms with Crippen LogP contribution in [0.4, 0.5) is 0 Å². The van der Waals surface area contributed by atoms with E-state index in [9.17, 15) is 0 Å². The fourth-order valence-electron chi connectivity index (χ4n) is 3.81. The van der Waals surface area contributed by atoms with Crippen molar-refractivity contribution in [3.05, 3.63) is 91.5 Å². The standard InChI is InChI=1S/C22H30N5.C4H10.C2H6.2C2H4.K/c1-4-7-8-11-16-14-18(25-15-16)19-20-21(23)24-12-13-27(20)22(26-19)17(9-5-2)10-6-3;1-3-4-2;3*1-2;/h4,7-8,11-15,17,22,25H,5-6,9-10H2,1-3H3,(H2,23,24);3-4H2,1-2H3;1-2H3;2*1-2H2;/q-1;;;;;+1/b7-4-,11-8-;;;;;. The molecule has 1 aromatic heterocycles. The van der Waals surface area contributed by atoms with Crippen LogP contribution in [-0.2, 0) is 0 Å². The van der Waals surface area contributed by atoms with Crippen LogP contribution in [0.25, 0.3) is 17.1 Å². The molecular weight excluding hydrogens is 493 g/mol. The van der Waals surface area contributed by atoms with Crippen LogP contribution in [0.15, 0.2) is 79.9 Å². The molecule has 1 aromatic rings. The summed E-state index contributed by atoms with van der Waals surface area (Å²) in [6.45, 7) is 26.8. The molecule has 0 bridgehead atoms. The third kappa shape index (κ3) is 13.5. The molecule has 0 aliphatic carbocycles. The third-order valence-electron chi connectivity index (χ3n) is 5.51. The van der Waals surface area contributed by atoms with E-state index in [0.29, 0.717) is 11.8 Å². The summed E-state index contributed by atoms with van der Waals surface area (Å²) in [6.07, 6.45) is 21.3. The van der Waals surface area contributed by atoms with Crippen LogP contribution in [0, 0.1) is 5.92 Å². The fourth-order valence-corrected chi connectivity index (χ4v) is 3.81. The Morgan fingerprint density at radius 3 is 2.11 bits per heavy atom. The monoisotopic (exact) mass is 547 g/mol.